The van der Waals surface area contributed by atoms with Crippen molar-refractivity contribution in [1.29, 1.82) is 0 Å². The lowest BCUT2D eigenvalue weighted by atomic mass is 10.5. The van der Waals surface area contributed by atoms with E-state index in [0.717, 1.165) is 10.2 Å². The molecule has 0 saturated carbocycles. The minimum atomic E-state index is -0.0472. The maximum absolute atomic E-state index is 11.3. The molecule has 0 saturated heterocycles. The van der Waals surface area contributed by atoms with Crippen LogP contribution in [0.15, 0.2) is 10.7 Å². The zero-order valence-corrected chi connectivity index (χ0v) is 10.3. The molecule has 1 aromatic rings. The van der Waals surface area contributed by atoms with Gasteiger partial charge in [0.15, 0.2) is 0 Å². The van der Waals surface area contributed by atoms with Crippen molar-refractivity contribution in [2.75, 3.05) is 12.3 Å². The highest BCUT2D eigenvalue weighted by Crippen LogP contribution is 2.12. The summed E-state index contributed by atoms with van der Waals surface area (Å²) in [5, 5.41) is 6.87. The van der Waals surface area contributed by atoms with Gasteiger partial charge >= 0.3 is 0 Å². The zero-order valence-electron chi connectivity index (χ0n) is 7.83. The summed E-state index contributed by atoms with van der Waals surface area (Å²) in [5.74, 6) is 0.599. The Morgan fingerprint density at radius 1 is 1.79 bits per heavy atom. The van der Waals surface area contributed by atoms with Crippen molar-refractivity contribution in [2.45, 2.75) is 13.5 Å². The SMILES string of the molecule is Cc1nn(CC(=O)NCCS)cc1Br. The summed E-state index contributed by atoms with van der Waals surface area (Å²) < 4.78 is 2.52. The predicted octanol–water partition coefficient (Wildman–Crippen LogP) is 1.00. The van der Waals surface area contributed by atoms with E-state index in [-0.39, 0.29) is 12.5 Å². The fourth-order valence-corrected chi connectivity index (χ4v) is 1.40. The second-order valence-corrected chi connectivity index (χ2v) is 4.14. The third-order valence-electron chi connectivity index (χ3n) is 1.63. The fraction of sp³-hybridized carbons (Fsp3) is 0.500. The van der Waals surface area contributed by atoms with Crippen LogP contribution in [0.4, 0.5) is 0 Å². The number of amides is 1. The summed E-state index contributed by atoms with van der Waals surface area (Å²) in [6.45, 7) is 2.72. The molecule has 0 atom stereocenters. The Bertz CT molecular complexity index is 307. The van der Waals surface area contributed by atoms with E-state index in [1.165, 1.54) is 0 Å². The lowest BCUT2D eigenvalue weighted by Crippen LogP contribution is -2.29. The van der Waals surface area contributed by atoms with Crippen LogP contribution in [0.3, 0.4) is 0 Å². The van der Waals surface area contributed by atoms with Crippen LogP contribution in [-0.4, -0.2) is 28.0 Å². The van der Waals surface area contributed by atoms with Gasteiger partial charge in [0, 0.05) is 18.5 Å². The molecular weight excluding hydrogens is 266 g/mol. The Morgan fingerprint density at radius 3 is 3.00 bits per heavy atom. The number of thiol groups is 1. The molecule has 78 valence electrons. The van der Waals surface area contributed by atoms with E-state index in [2.05, 4.69) is 39.0 Å². The van der Waals surface area contributed by atoms with Crippen LogP contribution < -0.4 is 5.32 Å². The van der Waals surface area contributed by atoms with Crippen LogP contribution in [0.2, 0.25) is 0 Å². The summed E-state index contributed by atoms with van der Waals surface area (Å²) in [5.41, 5.74) is 0.881. The van der Waals surface area contributed by atoms with Gasteiger partial charge in [-0.25, -0.2) is 0 Å². The van der Waals surface area contributed by atoms with Crippen molar-refractivity contribution in [3.8, 4) is 0 Å². The third-order valence-corrected chi connectivity index (χ3v) is 2.63. The van der Waals surface area contributed by atoms with E-state index in [9.17, 15) is 4.79 Å². The van der Waals surface area contributed by atoms with Gasteiger partial charge in [-0.1, -0.05) is 0 Å². The quantitative estimate of drug-likeness (QED) is 0.807. The van der Waals surface area contributed by atoms with Gasteiger partial charge in [0.1, 0.15) is 6.54 Å². The van der Waals surface area contributed by atoms with Gasteiger partial charge in [-0.05, 0) is 22.9 Å². The molecule has 0 aliphatic heterocycles. The first-order valence-electron chi connectivity index (χ1n) is 4.20. The number of aromatic nitrogens is 2. The Morgan fingerprint density at radius 2 is 2.50 bits per heavy atom. The Balaban J connectivity index is 2.48. The maximum atomic E-state index is 11.3. The zero-order chi connectivity index (χ0) is 10.6. The lowest BCUT2D eigenvalue weighted by Gasteiger charge is -2.02. The van der Waals surface area contributed by atoms with Gasteiger partial charge in [0.2, 0.25) is 5.91 Å². The molecule has 6 heteroatoms. The standard InChI is InChI=1S/C8H12BrN3OS/c1-6-7(9)4-12(11-6)5-8(13)10-2-3-14/h4,14H,2-3,5H2,1H3,(H,10,13). The summed E-state index contributed by atoms with van der Waals surface area (Å²) in [6.07, 6.45) is 1.79. The monoisotopic (exact) mass is 277 g/mol. The number of nitrogens with zero attached hydrogens (tertiary/aromatic N) is 2. The van der Waals surface area contributed by atoms with Gasteiger partial charge in [-0.2, -0.15) is 17.7 Å². The highest BCUT2D eigenvalue weighted by molar-refractivity contribution is 9.10. The van der Waals surface area contributed by atoms with Gasteiger partial charge in [-0.15, -0.1) is 0 Å². The van der Waals surface area contributed by atoms with Gasteiger partial charge in [0.05, 0.1) is 10.2 Å². The van der Waals surface area contributed by atoms with Crippen LogP contribution in [-0.2, 0) is 11.3 Å². The lowest BCUT2D eigenvalue weighted by molar-refractivity contribution is -0.121. The molecule has 1 aromatic heterocycles. The normalized spacial score (nSPS) is 10.2. The highest BCUT2D eigenvalue weighted by Gasteiger charge is 2.05. The largest absolute Gasteiger partial charge is 0.354 e. The van der Waals surface area contributed by atoms with Gasteiger partial charge in [-0.3, -0.25) is 9.48 Å². The average molecular weight is 278 g/mol. The molecule has 1 amide bonds. The molecule has 0 radical (unpaired) electrons. The average Bonchev–Trinajstić information content (AvgIpc) is 2.42. The third kappa shape index (κ3) is 3.34. The minimum absolute atomic E-state index is 0.0472. The fourth-order valence-electron chi connectivity index (χ4n) is 0.973. The number of carbonyl (C=O) groups is 1. The number of rotatable bonds is 4. The molecule has 0 aliphatic carbocycles. The molecule has 0 fully saturated rings. The smallest absolute Gasteiger partial charge is 0.241 e. The van der Waals surface area contributed by atoms with Gasteiger partial charge in [0.25, 0.3) is 0 Å². The molecule has 0 aromatic carbocycles. The number of aryl methyl sites for hydroxylation is 1. The van der Waals surface area contributed by atoms with E-state index >= 15 is 0 Å². The number of hydrogen-bond donors (Lipinski definition) is 2. The molecule has 14 heavy (non-hydrogen) atoms. The van der Waals surface area contributed by atoms with E-state index in [1.807, 2.05) is 6.92 Å². The van der Waals surface area contributed by atoms with Crippen molar-refractivity contribution in [2.24, 2.45) is 0 Å². The first-order valence-corrected chi connectivity index (χ1v) is 5.63. The molecular formula is C8H12BrN3OS. The first-order chi connectivity index (χ1) is 6.63. The van der Waals surface area contributed by atoms with Crippen molar-refractivity contribution in [3.63, 3.8) is 0 Å². The van der Waals surface area contributed by atoms with Crippen molar-refractivity contribution < 1.29 is 4.79 Å². The van der Waals surface area contributed by atoms with Crippen LogP contribution in [0.5, 0.6) is 0 Å². The topological polar surface area (TPSA) is 46.9 Å². The molecule has 1 heterocycles. The Labute approximate surface area is 96.6 Å². The molecule has 4 nitrogen and oxygen atoms in total. The van der Waals surface area contributed by atoms with Crippen LogP contribution >= 0.6 is 28.6 Å². The molecule has 0 aliphatic rings. The van der Waals surface area contributed by atoms with E-state index in [4.69, 9.17) is 0 Å². The predicted molar refractivity (Wildman–Crippen MR) is 61.5 cm³/mol. The Kier molecular flexibility index (Phi) is 4.47. The number of nitrogens with one attached hydrogen (secondary N) is 1. The van der Waals surface area contributed by atoms with E-state index in [1.54, 1.807) is 10.9 Å². The van der Waals surface area contributed by atoms with Crippen molar-refractivity contribution in [1.82, 2.24) is 15.1 Å². The molecule has 0 spiro atoms. The van der Waals surface area contributed by atoms with E-state index < -0.39 is 0 Å². The second kappa shape index (κ2) is 5.41. The van der Waals surface area contributed by atoms with Crippen LogP contribution in [0.1, 0.15) is 5.69 Å². The van der Waals surface area contributed by atoms with E-state index in [0.29, 0.717) is 12.3 Å². The highest BCUT2D eigenvalue weighted by atomic mass is 79.9. The minimum Gasteiger partial charge on any atom is -0.354 e. The summed E-state index contributed by atoms with van der Waals surface area (Å²) in [6, 6.07) is 0. The van der Waals surface area contributed by atoms with Gasteiger partial charge < -0.3 is 5.32 Å². The Hall–Kier alpha value is -0.490. The molecule has 0 bridgehead atoms. The maximum Gasteiger partial charge on any atom is 0.241 e. The molecule has 1 rings (SSSR count). The number of halogens is 1. The summed E-state index contributed by atoms with van der Waals surface area (Å²) in [4.78, 5) is 11.3. The van der Waals surface area contributed by atoms with Crippen molar-refractivity contribution in [3.05, 3.63) is 16.4 Å². The molecule has 0 unspecified atom stereocenters. The van der Waals surface area contributed by atoms with Crippen LogP contribution in [0, 0.1) is 6.92 Å². The second-order valence-electron chi connectivity index (χ2n) is 2.83. The summed E-state index contributed by atoms with van der Waals surface area (Å²) in [7, 11) is 0. The van der Waals surface area contributed by atoms with Crippen molar-refractivity contribution >= 4 is 34.5 Å². The first kappa shape index (κ1) is 11.6. The van der Waals surface area contributed by atoms with Crippen LogP contribution in [0.25, 0.3) is 0 Å². The molecule has 1 N–H and O–H groups in total. The summed E-state index contributed by atoms with van der Waals surface area (Å²) >= 11 is 7.33. The number of hydrogen-bond acceptors (Lipinski definition) is 3. The number of carbonyl (C=O) groups excluding carboxylic acids is 1.